The zero-order valence-corrected chi connectivity index (χ0v) is 13.0. The van der Waals surface area contributed by atoms with Crippen LogP contribution in [0.3, 0.4) is 0 Å². The van der Waals surface area contributed by atoms with Crippen molar-refractivity contribution in [3.63, 3.8) is 0 Å². The minimum atomic E-state index is -0.560. The van der Waals surface area contributed by atoms with Crippen molar-refractivity contribution in [2.45, 2.75) is 33.3 Å². The van der Waals surface area contributed by atoms with Gasteiger partial charge in [-0.25, -0.2) is 4.79 Å². The molecule has 0 fully saturated rings. The number of hydrogen-bond acceptors (Lipinski definition) is 3. The summed E-state index contributed by atoms with van der Waals surface area (Å²) in [7, 11) is 0. The Balaban J connectivity index is 2.95. The van der Waals surface area contributed by atoms with Crippen LogP contribution in [0.1, 0.15) is 31.9 Å². The molecule has 0 saturated heterocycles. The van der Waals surface area contributed by atoms with E-state index >= 15 is 0 Å². The van der Waals surface area contributed by atoms with Gasteiger partial charge in [0.05, 0.1) is 11.3 Å². The van der Waals surface area contributed by atoms with Gasteiger partial charge < -0.3 is 4.74 Å². The van der Waals surface area contributed by atoms with Gasteiger partial charge in [-0.2, -0.15) is 5.26 Å². The van der Waals surface area contributed by atoms with E-state index in [1.165, 1.54) is 0 Å². The lowest BCUT2D eigenvalue weighted by Crippen LogP contribution is -2.27. The number of halogens is 1. The molecule has 0 heterocycles. The molecule has 0 bridgehead atoms. The molecule has 1 amide bonds. The highest BCUT2D eigenvalue weighted by molar-refractivity contribution is 14.1. The predicted molar refractivity (Wildman–Crippen MR) is 78.5 cm³/mol. The fourth-order valence-electron chi connectivity index (χ4n) is 1.29. The highest BCUT2D eigenvalue weighted by Crippen LogP contribution is 2.22. The normalized spacial score (nSPS) is 10.7. The number of ether oxygens (including phenoxy) is 1. The number of benzene rings is 1. The number of carbonyl (C=O) groups excluding carboxylic acids is 1. The monoisotopic (exact) mass is 358 g/mol. The number of nitriles is 1. The van der Waals surface area contributed by atoms with E-state index in [0.717, 1.165) is 9.13 Å². The van der Waals surface area contributed by atoms with Gasteiger partial charge in [0.25, 0.3) is 0 Å². The van der Waals surface area contributed by atoms with Crippen LogP contribution in [-0.2, 0) is 4.74 Å². The summed E-state index contributed by atoms with van der Waals surface area (Å²) in [6, 6.07) is 5.56. The maximum atomic E-state index is 11.6. The van der Waals surface area contributed by atoms with E-state index in [4.69, 9.17) is 10.00 Å². The Morgan fingerprint density at radius 2 is 2.06 bits per heavy atom. The molecule has 0 spiro atoms. The Labute approximate surface area is 120 Å². The molecule has 0 saturated carbocycles. The summed E-state index contributed by atoms with van der Waals surface area (Å²) in [5.41, 5.74) is 1.34. The van der Waals surface area contributed by atoms with E-state index in [-0.39, 0.29) is 0 Å². The molecule has 4 nitrogen and oxygen atoms in total. The Kier molecular flexibility index (Phi) is 4.57. The van der Waals surface area contributed by atoms with Gasteiger partial charge in [0.1, 0.15) is 11.7 Å². The van der Waals surface area contributed by atoms with Crippen molar-refractivity contribution in [1.29, 1.82) is 5.26 Å². The number of hydrogen-bond donors (Lipinski definition) is 1. The number of nitrogens with zero attached hydrogens (tertiary/aromatic N) is 1. The van der Waals surface area contributed by atoms with Crippen molar-refractivity contribution in [2.75, 3.05) is 5.32 Å². The van der Waals surface area contributed by atoms with Crippen molar-refractivity contribution in [3.8, 4) is 6.07 Å². The molecule has 0 unspecified atom stereocenters. The van der Waals surface area contributed by atoms with Crippen LogP contribution in [0.4, 0.5) is 10.5 Å². The van der Waals surface area contributed by atoms with Crippen LogP contribution >= 0.6 is 22.6 Å². The molecule has 1 N–H and O–H groups in total. The number of anilines is 1. The predicted octanol–water partition coefficient (Wildman–Crippen LogP) is 3.82. The molecule has 0 aromatic heterocycles. The van der Waals surface area contributed by atoms with Crippen LogP contribution in [0.15, 0.2) is 12.1 Å². The third-order valence-electron chi connectivity index (χ3n) is 2.05. The average molecular weight is 358 g/mol. The van der Waals surface area contributed by atoms with E-state index in [9.17, 15) is 4.79 Å². The lowest BCUT2D eigenvalue weighted by atomic mass is 10.1. The topological polar surface area (TPSA) is 62.1 Å². The van der Waals surface area contributed by atoms with Crippen LogP contribution in [0.2, 0.25) is 0 Å². The summed E-state index contributed by atoms with van der Waals surface area (Å²) < 4.78 is 6.13. The first-order chi connectivity index (χ1) is 8.23. The second-order valence-corrected chi connectivity index (χ2v) is 6.05. The van der Waals surface area contributed by atoms with Crippen molar-refractivity contribution in [1.82, 2.24) is 0 Å². The number of aryl methyl sites for hydroxylation is 1. The molecule has 96 valence electrons. The van der Waals surface area contributed by atoms with Gasteiger partial charge in [0.15, 0.2) is 0 Å². The first-order valence-electron chi connectivity index (χ1n) is 5.43. The second-order valence-electron chi connectivity index (χ2n) is 4.89. The first-order valence-corrected chi connectivity index (χ1v) is 6.51. The maximum absolute atomic E-state index is 11.6. The van der Waals surface area contributed by atoms with E-state index in [2.05, 4.69) is 34.0 Å². The molecule has 0 radical (unpaired) electrons. The summed E-state index contributed by atoms with van der Waals surface area (Å²) in [4.78, 5) is 11.6. The standard InChI is InChI=1S/C13H15IN2O2/c1-8-5-11(9(7-15)6-10(8)14)16-12(17)18-13(2,3)4/h5-6H,1-4H3,(H,16,17). The Hall–Kier alpha value is -1.29. The summed E-state index contributed by atoms with van der Waals surface area (Å²) in [5.74, 6) is 0. The second kappa shape index (κ2) is 5.57. The molecular weight excluding hydrogens is 343 g/mol. The van der Waals surface area contributed by atoms with E-state index in [1.807, 2.05) is 6.92 Å². The zero-order chi connectivity index (χ0) is 13.9. The Morgan fingerprint density at radius 3 is 2.56 bits per heavy atom. The van der Waals surface area contributed by atoms with E-state index in [1.54, 1.807) is 32.9 Å². The fourth-order valence-corrected chi connectivity index (χ4v) is 1.76. The van der Waals surface area contributed by atoms with Crippen LogP contribution in [0, 0.1) is 21.8 Å². The lowest BCUT2D eigenvalue weighted by molar-refractivity contribution is 0.0636. The van der Waals surface area contributed by atoms with Crippen molar-refractivity contribution in [2.24, 2.45) is 0 Å². The highest BCUT2D eigenvalue weighted by atomic mass is 127. The quantitative estimate of drug-likeness (QED) is 0.777. The third-order valence-corrected chi connectivity index (χ3v) is 3.22. The molecular formula is C13H15IN2O2. The van der Waals surface area contributed by atoms with Gasteiger partial charge in [0, 0.05) is 3.57 Å². The molecule has 18 heavy (non-hydrogen) atoms. The molecule has 5 heteroatoms. The number of amides is 1. The maximum Gasteiger partial charge on any atom is 0.412 e. The molecule has 0 aliphatic carbocycles. The fraction of sp³-hybridized carbons (Fsp3) is 0.385. The molecule has 0 atom stereocenters. The minimum Gasteiger partial charge on any atom is -0.444 e. The van der Waals surface area contributed by atoms with E-state index in [0.29, 0.717) is 11.3 Å². The van der Waals surface area contributed by atoms with Gasteiger partial charge in [-0.3, -0.25) is 5.32 Å². The Morgan fingerprint density at radius 1 is 1.44 bits per heavy atom. The van der Waals surface area contributed by atoms with Crippen LogP contribution in [0.5, 0.6) is 0 Å². The smallest absolute Gasteiger partial charge is 0.412 e. The van der Waals surface area contributed by atoms with Crippen molar-refractivity contribution >= 4 is 34.4 Å². The van der Waals surface area contributed by atoms with Crippen LogP contribution in [0.25, 0.3) is 0 Å². The molecule has 0 aliphatic rings. The van der Waals surface area contributed by atoms with Gasteiger partial charge in [0.2, 0.25) is 0 Å². The summed E-state index contributed by atoms with van der Waals surface area (Å²) in [6.45, 7) is 7.29. The van der Waals surface area contributed by atoms with Crippen LogP contribution in [-0.4, -0.2) is 11.7 Å². The van der Waals surface area contributed by atoms with Gasteiger partial charge in [-0.15, -0.1) is 0 Å². The third kappa shape index (κ3) is 4.18. The number of carbonyl (C=O) groups is 1. The van der Waals surface area contributed by atoms with Gasteiger partial charge in [-0.1, -0.05) is 0 Å². The molecule has 1 rings (SSSR count). The van der Waals surface area contributed by atoms with E-state index < -0.39 is 11.7 Å². The number of nitrogens with one attached hydrogen (secondary N) is 1. The minimum absolute atomic E-state index is 0.427. The van der Waals surface area contributed by atoms with Crippen molar-refractivity contribution in [3.05, 3.63) is 26.8 Å². The number of rotatable bonds is 1. The first kappa shape index (κ1) is 14.8. The lowest BCUT2D eigenvalue weighted by Gasteiger charge is -2.20. The van der Waals surface area contributed by atoms with Crippen molar-refractivity contribution < 1.29 is 9.53 Å². The van der Waals surface area contributed by atoms with Crippen LogP contribution < -0.4 is 5.32 Å². The summed E-state index contributed by atoms with van der Waals surface area (Å²) in [6.07, 6.45) is -0.556. The SMILES string of the molecule is Cc1cc(NC(=O)OC(C)(C)C)c(C#N)cc1I. The zero-order valence-electron chi connectivity index (χ0n) is 10.8. The molecule has 0 aliphatic heterocycles. The summed E-state index contributed by atoms with van der Waals surface area (Å²) in [5, 5.41) is 11.6. The van der Waals surface area contributed by atoms with Gasteiger partial charge >= 0.3 is 6.09 Å². The Bertz CT molecular complexity index is 513. The molecule has 1 aromatic rings. The highest BCUT2D eigenvalue weighted by Gasteiger charge is 2.17. The molecule has 1 aromatic carbocycles. The average Bonchev–Trinajstić information content (AvgIpc) is 2.20. The van der Waals surface area contributed by atoms with Gasteiger partial charge in [-0.05, 0) is 68.0 Å². The summed E-state index contributed by atoms with van der Waals surface area (Å²) >= 11 is 2.15. The largest absolute Gasteiger partial charge is 0.444 e.